The van der Waals surface area contributed by atoms with E-state index in [1.807, 2.05) is 7.05 Å². The van der Waals surface area contributed by atoms with Crippen LogP contribution in [0.2, 0.25) is 0 Å². The van der Waals surface area contributed by atoms with E-state index in [0.717, 1.165) is 32.5 Å². The molecule has 19 heavy (non-hydrogen) atoms. The number of carbonyl (C=O) groups is 1. The van der Waals surface area contributed by atoms with Gasteiger partial charge in [-0.1, -0.05) is 6.42 Å². The smallest absolute Gasteiger partial charge is 0.220 e. The summed E-state index contributed by atoms with van der Waals surface area (Å²) < 4.78 is 0. The maximum absolute atomic E-state index is 11.4. The van der Waals surface area contributed by atoms with Gasteiger partial charge in [-0.25, -0.2) is 0 Å². The second-order valence-corrected chi connectivity index (χ2v) is 4.81. The second kappa shape index (κ2) is 14.4. The van der Waals surface area contributed by atoms with Crippen molar-refractivity contribution in [2.45, 2.75) is 38.5 Å². The molecule has 1 heterocycles. The molecule has 0 atom stereocenters. The lowest BCUT2D eigenvalue weighted by atomic mass is 10.1. The topological polar surface area (TPSA) is 44.4 Å². The Morgan fingerprint density at radius 1 is 1.05 bits per heavy atom. The normalized spacial score (nSPS) is 15.2. The first-order valence-corrected chi connectivity index (χ1v) is 6.96. The van der Waals surface area contributed by atoms with E-state index in [0.29, 0.717) is 6.42 Å². The molecule has 0 aromatic rings. The molecule has 2 N–H and O–H groups in total. The highest BCUT2D eigenvalue weighted by molar-refractivity contribution is 5.85. The molecule has 0 saturated carbocycles. The molecule has 4 nitrogen and oxygen atoms in total. The molecular formula is C13H29Cl2N3O. The third-order valence-corrected chi connectivity index (χ3v) is 3.25. The van der Waals surface area contributed by atoms with Crippen LogP contribution in [0, 0.1) is 0 Å². The summed E-state index contributed by atoms with van der Waals surface area (Å²) in [7, 11) is 1.91. The van der Waals surface area contributed by atoms with Gasteiger partial charge in [0.05, 0.1) is 0 Å². The number of nitrogens with zero attached hydrogens (tertiary/aromatic N) is 1. The number of hydrogen-bond donors (Lipinski definition) is 2. The van der Waals surface area contributed by atoms with Gasteiger partial charge >= 0.3 is 0 Å². The summed E-state index contributed by atoms with van der Waals surface area (Å²) in [5.74, 6) is 0.193. The van der Waals surface area contributed by atoms with Crippen molar-refractivity contribution in [1.29, 1.82) is 0 Å². The quantitative estimate of drug-likeness (QED) is 0.672. The van der Waals surface area contributed by atoms with Gasteiger partial charge in [-0.15, -0.1) is 24.8 Å². The average Bonchev–Trinajstić information content (AvgIpc) is 2.36. The van der Waals surface area contributed by atoms with Gasteiger partial charge < -0.3 is 15.5 Å². The number of piperidine rings is 1. The van der Waals surface area contributed by atoms with Crippen molar-refractivity contribution in [2.24, 2.45) is 0 Å². The van der Waals surface area contributed by atoms with E-state index >= 15 is 0 Å². The van der Waals surface area contributed by atoms with Gasteiger partial charge in [0.1, 0.15) is 0 Å². The van der Waals surface area contributed by atoms with Crippen LogP contribution in [0.25, 0.3) is 0 Å². The molecule has 0 spiro atoms. The lowest BCUT2D eigenvalue weighted by molar-refractivity contribution is -0.121. The zero-order valence-corrected chi connectivity index (χ0v) is 13.6. The van der Waals surface area contributed by atoms with Crippen molar-refractivity contribution >= 4 is 30.7 Å². The number of rotatable bonds is 8. The minimum absolute atomic E-state index is 0. The monoisotopic (exact) mass is 313 g/mol. The predicted molar refractivity (Wildman–Crippen MR) is 85.6 cm³/mol. The summed E-state index contributed by atoms with van der Waals surface area (Å²) in [4.78, 5) is 13.9. The Morgan fingerprint density at radius 3 is 2.37 bits per heavy atom. The van der Waals surface area contributed by atoms with Gasteiger partial charge in [-0.3, -0.25) is 4.79 Å². The van der Waals surface area contributed by atoms with Crippen molar-refractivity contribution in [2.75, 3.05) is 39.8 Å². The van der Waals surface area contributed by atoms with Gasteiger partial charge in [0.25, 0.3) is 0 Å². The molecule has 6 heteroatoms. The van der Waals surface area contributed by atoms with Crippen molar-refractivity contribution in [3.8, 4) is 0 Å². The highest BCUT2D eigenvalue weighted by Crippen LogP contribution is 2.08. The number of halogens is 2. The first-order valence-electron chi connectivity index (χ1n) is 6.96. The van der Waals surface area contributed by atoms with Crippen molar-refractivity contribution in [1.82, 2.24) is 15.5 Å². The Hall–Kier alpha value is -0.0300. The molecule has 1 aliphatic heterocycles. The van der Waals surface area contributed by atoms with Crippen molar-refractivity contribution in [3.05, 3.63) is 0 Å². The van der Waals surface area contributed by atoms with E-state index in [4.69, 9.17) is 0 Å². The largest absolute Gasteiger partial charge is 0.356 e. The third-order valence-electron chi connectivity index (χ3n) is 3.25. The van der Waals surface area contributed by atoms with Crippen LogP contribution in [0.4, 0.5) is 0 Å². The van der Waals surface area contributed by atoms with E-state index in [9.17, 15) is 4.79 Å². The Kier molecular flexibility index (Phi) is 16.1. The molecule has 1 aliphatic rings. The van der Waals surface area contributed by atoms with E-state index in [1.165, 1.54) is 32.4 Å². The molecule has 0 radical (unpaired) electrons. The molecule has 116 valence electrons. The summed E-state index contributed by atoms with van der Waals surface area (Å²) in [5.41, 5.74) is 0. The van der Waals surface area contributed by atoms with Crippen LogP contribution in [0.3, 0.4) is 0 Å². The van der Waals surface area contributed by atoms with Crippen LogP contribution in [0.5, 0.6) is 0 Å². The number of likely N-dealkylation sites (tertiary alicyclic amines) is 1. The molecule has 1 amide bonds. The Morgan fingerprint density at radius 2 is 1.74 bits per heavy atom. The van der Waals surface area contributed by atoms with Crippen LogP contribution in [-0.2, 0) is 4.79 Å². The lowest BCUT2D eigenvalue weighted by Crippen LogP contribution is -2.33. The Balaban J connectivity index is 0. The van der Waals surface area contributed by atoms with E-state index in [2.05, 4.69) is 15.5 Å². The standard InChI is InChI=1S/C13H27N3O.2ClH/c1-14-8-5-7-13(17)15-9-6-12-16-10-3-2-4-11-16;;/h14H,2-12H2,1H3,(H,15,17);2*1H. The molecule has 0 unspecified atom stereocenters. The van der Waals surface area contributed by atoms with Gasteiger partial charge in [0.15, 0.2) is 0 Å². The first kappa shape index (κ1) is 21.3. The maximum atomic E-state index is 11.4. The SMILES string of the molecule is CNCCCC(=O)NCCCN1CCCCC1.Cl.Cl. The fraction of sp³-hybridized carbons (Fsp3) is 0.923. The summed E-state index contributed by atoms with van der Waals surface area (Å²) >= 11 is 0. The minimum Gasteiger partial charge on any atom is -0.356 e. The van der Waals surface area contributed by atoms with Crippen molar-refractivity contribution < 1.29 is 4.79 Å². The van der Waals surface area contributed by atoms with E-state index in [1.54, 1.807) is 0 Å². The molecule has 0 aromatic heterocycles. The van der Waals surface area contributed by atoms with Crippen LogP contribution in [0.15, 0.2) is 0 Å². The van der Waals surface area contributed by atoms with E-state index in [-0.39, 0.29) is 30.7 Å². The number of amides is 1. The van der Waals surface area contributed by atoms with Crippen LogP contribution in [-0.4, -0.2) is 50.6 Å². The first-order chi connectivity index (χ1) is 8.33. The summed E-state index contributed by atoms with van der Waals surface area (Å²) in [6.45, 7) is 5.37. The second-order valence-electron chi connectivity index (χ2n) is 4.81. The number of carbonyl (C=O) groups excluding carboxylic acids is 1. The third kappa shape index (κ3) is 11.5. The molecule has 1 saturated heterocycles. The summed E-state index contributed by atoms with van der Waals surface area (Å²) in [5, 5.41) is 6.03. The highest BCUT2D eigenvalue weighted by Gasteiger charge is 2.09. The molecule has 0 aliphatic carbocycles. The lowest BCUT2D eigenvalue weighted by Gasteiger charge is -2.26. The number of nitrogens with one attached hydrogen (secondary N) is 2. The molecule has 1 fully saturated rings. The zero-order chi connectivity index (χ0) is 12.3. The molecule has 0 aromatic carbocycles. The highest BCUT2D eigenvalue weighted by atomic mass is 35.5. The van der Waals surface area contributed by atoms with Gasteiger partial charge in [-0.05, 0) is 58.9 Å². The predicted octanol–water partition coefficient (Wildman–Crippen LogP) is 1.82. The van der Waals surface area contributed by atoms with E-state index < -0.39 is 0 Å². The average molecular weight is 314 g/mol. The number of hydrogen-bond acceptors (Lipinski definition) is 3. The van der Waals surface area contributed by atoms with Crippen molar-refractivity contribution in [3.63, 3.8) is 0 Å². The van der Waals surface area contributed by atoms with Gasteiger partial charge in [0.2, 0.25) is 5.91 Å². The molecule has 1 rings (SSSR count). The fourth-order valence-corrected chi connectivity index (χ4v) is 2.23. The fourth-order valence-electron chi connectivity index (χ4n) is 2.23. The maximum Gasteiger partial charge on any atom is 0.220 e. The van der Waals surface area contributed by atoms with Crippen LogP contribution in [0.1, 0.15) is 38.5 Å². The molecular weight excluding hydrogens is 285 g/mol. The van der Waals surface area contributed by atoms with Gasteiger partial charge in [0, 0.05) is 13.0 Å². The zero-order valence-electron chi connectivity index (χ0n) is 12.0. The Labute approximate surface area is 129 Å². The Bertz CT molecular complexity index is 212. The molecule has 0 bridgehead atoms. The summed E-state index contributed by atoms with van der Waals surface area (Å²) in [6.07, 6.45) is 6.72. The van der Waals surface area contributed by atoms with Crippen LogP contribution >= 0.6 is 24.8 Å². The van der Waals surface area contributed by atoms with Gasteiger partial charge in [-0.2, -0.15) is 0 Å². The minimum atomic E-state index is 0. The van der Waals surface area contributed by atoms with Crippen LogP contribution < -0.4 is 10.6 Å². The summed E-state index contributed by atoms with van der Waals surface area (Å²) in [6, 6.07) is 0.